The number of anilines is 1. The zero-order valence-corrected chi connectivity index (χ0v) is 13.3. The van der Waals surface area contributed by atoms with Gasteiger partial charge < -0.3 is 5.73 Å². The third kappa shape index (κ3) is 3.26. The van der Waals surface area contributed by atoms with Crippen molar-refractivity contribution in [1.82, 2.24) is 4.98 Å². The summed E-state index contributed by atoms with van der Waals surface area (Å²) in [4.78, 5) is 5.62. The van der Waals surface area contributed by atoms with E-state index in [0.717, 1.165) is 27.2 Å². The fourth-order valence-electron chi connectivity index (χ4n) is 1.99. The van der Waals surface area contributed by atoms with E-state index in [2.05, 4.69) is 17.1 Å². The molecule has 1 heterocycles. The number of pyridine rings is 1. The maximum absolute atomic E-state index is 6.04. The molecule has 2 N–H and O–H groups in total. The van der Waals surface area contributed by atoms with Crippen LogP contribution in [-0.2, 0) is 5.75 Å². The summed E-state index contributed by atoms with van der Waals surface area (Å²) >= 11 is 13.7. The minimum atomic E-state index is 0.423. The maximum atomic E-state index is 6.04. The maximum Gasteiger partial charge on any atom is 0.0705 e. The highest BCUT2D eigenvalue weighted by Gasteiger charge is 2.06. The Labute approximate surface area is 137 Å². The Morgan fingerprint density at radius 1 is 1.00 bits per heavy atom. The number of para-hydroxylation sites is 1. The Morgan fingerprint density at radius 2 is 1.71 bits per heavy atom. The number of benzene rings is 2. The lowest BCUT2D eigenvalue weighted by molar-refractivity contribution is 1.22. The molecule has 0 aliphatic carbocycles. The number of rotatable bonds is 3. The number of hydrogen-bond acceptors (Lipinski definition) is 3. The predicted molar refractivity (Wildman–Crippen MR) is 92.2 cm³/mol. The van der Waals surface area contributed by atoms with E-state index >= 15 is 0 Å². The van der Waals surface area contributed by atoms with E-state index in [1.807, 2.05) is 36.4 Å². The number of hydrogen-bond donors (Lipinski definition) is 1. The third-order valence-electron chi connectivity index (χ3n) is 3.10. The van der Waals surface area contributed by atoms with Crippen molar-refractivity contribution in [2.45, 2.75) is 10.6 Å². The predicted octanol–water partition coefficient (Wildman–Crippen LogP) is 5.42. The molecule has 0 unspecified atom stereocenters. The third-order valence-corrected chi connectivity index (χ3v) is 4.73. The molecule has 0 amide bonds. The van der Waals surface area contributed by atoms with E-state index in [1.165, 1.54) is 0 Å². The van der Waals surface area contributed by atoms with Gasteiger partial charge in [0.1, 0.15) is 0 Å². The lowest BCUT2D eigenvalue weighted by Crippen LogP contribution is -1.90. The van der Waals surface area contributed by atoms with Crippen LogP contribution in [0, 0.1) is 0 Å². The molecule has 0 spiro atoms. The number of nitrogens with two attached hydrogens (primary N) is 1. The molecular weight excluding hydrogens is 323 g/mol. The summed E-state index contributed by atoms with van der Waals surface area (Å²) in [6.07, 6.45) is 0. The van der Waals surface area contributed by atoms with Crippen LogP contribution < -0.4 is 5.73 Å². The van der Waals surface area contributed by atoms with Crippen molar-refractivity contribution in [2.75, 3.05) is 5.73 Å². The van der Waals surface area contributed by atoms with Crippen LogP contribution in [-0.4, -0.2) is 4.98 Å². The van der Waals surface area contributed by atoms with Gasteiger partial charge in [-0.3, -0.25) is 4.98 Å². The topological polar surface area (TPSA) is 38.9 Å². The molecule has 1 aromatic heterocycles. The van der Waals surface area contributed by atoms with Gasteiger partial charge in [-0.25, -0.2) is 0 Å². The lowest BCUT2D eigenvalue weighted by Gasteiger charge is -2.06. The van der Waals surface area contributed by atoms with E-state index in [4.69, 9.17) is 28.9 Å². The van der Waals surface area contributed by atoms with E-state index in [1.54, 1.807) is 11.8 Å². The van der Waals surface area contributed by atoms with Crippen LogP contribution >= 0.6 is 35.0 Å². The minimum absolute atomic E-state index is 0.423. The van der Waals surface area contributed by atoms with Gasteiger partial charge in [-0.2, -0.15) is 0 Å². The Bertz CT molecular complexity index is 782. The smallest absolute Gasteiger partial charge is 0.0705 e. The quantitative estimate of drug-likeness (QED) is 0.513. The van der Waals surface area contributed by atoms with Crippen LogP contribution in [0.5, 0.6) is 0 Å². The highest BCUT2D eigenvalue weighted by Crippen LogP contribution is 2.34. The largest absolute Gasteiger partial charge is 0.396 e. The molecule has 3 rings (SSSR count). The van der Waals surface area contributed by atoms with Gasteiger partial charge in [0.05, 0.1) is 26.9 Å². The van der Waals surface area contributed by atoms with Crippen LogP contribution in [0.15, 0.2) is 53.4 Å². The number of nitrogens with zero attached hydrogens (tertiary/aromatic N) is 1. The normalized spacial score (nSPS) is 11.0. The molecule has 2 nitrogen and oxygen atoms in total. The summed E-state index contributed by atoms with van der Waals surface area (Å²) in [6.45, 7) is 0. The van der Waals surface area contributed by atoms with E-state index in [9.17, 15) is 0 Å². The number of nitrogen functional groups attached to an aromatic ring is 1. The average Bonchev–Trinajstić information content (AvgIpc) is 2.50. The Hall–Kier alpha value is -1.42. The fourth-order valence-corrected chi connectivity index (χ4v) is 3.48. The van der Waals surface area contributed by atoms with Crippen molar-refractivity contribution in [3.05, 3.63) is 64.3 Å². The molecule has 0 saturated carbocycles. The van der Waals surface area contributed by atoms with Gasteiger partial charge in [-0.1, -0.05) is 47.5 Å². The number of halogens is 2. The SMILES string of the molecule is Nc1c(Cl)cc(SCc2ccc3ccccc3n2)cc1Cl. The average molecular weight is 335 g/mol. The summed E-state index contributed by atoms with van der Waals surface area (Å²) in [6, 6.07) is 15.8. The van der Waals surface area contributed by atoms with Crippen LogP contribution in [0.1, 0.15) is 5.69 Å². The van der Waals surface area contributed by atoms with Gasteiger partial charge in [0, 0.05) is 16.0 Å². The van der Waals surface area contributed by atoms with E-state index in [-0.39, 0.29) is 0 Å². The van der Waals surface area contributed by atoms with E-state index < -0.39 is 0 Å². The number of fused-ring (bicyclic) bond motifs is 1. The molecule has 5 heteroatoms. The summed E-state index contributed by atoms with van der Waals surface area (Å²) in [7, 11) is 0. The molecule has 0 bridgehead atoms. The van der Waals surface area contributed by atoms with Crippen LogP contribution in [0.2, 0.25) is 10.0 Å². The summed E-state index contributed by atoms with van der Waals surface area (Å²) in [5, 5.41) is 2.11. The van der Waals surface area contributed by atoms with Gasteiger partial charge in [0.2, 0.25) is 0 Å². The van der Waals surface area contributed by atoms with Crippen molar-refractivity contribution >= 4 is 51.6 Å². The Morgan fingerprint density at radius 3 is 2.48 bits per heavy atom. The van der Waals surface area contributed by atoms with E-state index in [0.29, 0.717) is 15.7 Å². The molecule has 0 atom stereocenters. The molecule has 21 heavy (non-hydrogen) atoms. The van der Waals surface area contributed by atoms with Gasteiger partial charge in [-0.05, 0) is 24.3 Å². The first kappa shape index (κ1) is 14.5. The van der Waals surface area contributed by atoms with Crippen LogP contribution in [0.25, 0.3) is 10.9 Å². The second-order valence-electron chi connectivity index (χ2n) is 4.58. The number of aromatic nitrogens is 1. The minimum Gasteiger partial charge on any atom is -0.396 e. The van der Waals surface area contributed by atoms with Crippen molar-refractivity contribution in [1.29, 1.82) is 0 Å². The molecule has 0 aliphatic rings. The first-order valence-corrected chi connectivity index (χ1v) is 8.09. The van der Waals surface area contributed by atoms with Crippen molar-refractivity contribution in [2.24, 2.45) is 0 Å². The van der Waals surface area contributed by atoms with Crippen molar-refractivity contribution < 1.29 is 0 Å². The molecule has 0 saturated heterocycles. The second kappa shape index (κ2) is 6.14. The summed E-state index contributed by atoms with van der Waals surface area (Å²) in [5.74, 6) is 0.751. The Balaban J connectivity index is 1.80. The van der Waals surface area contributed by atoms with Crippen LogP contribution in [0.3, 0.4) is 0 Å². The summed E-state index contributed by atoms with van der Waals surface area (Å²) < 4.78 is 0. The van der Waals surface area contributed by atoms with Crippen molar-refractivity contribution in [3.8, 4) is 0 Å². The van der Waals surface area contributed by atoms with Crippen molar-refractivity contribution in [3.63, 3.8) is 0 Å². The van der Waals surface area contributed by atoms with Crippen LogP contribution in [0.4, 0.5) is 5.69 Å². The molecular formula is C16H12Cl2N2S. The molecule has 3 aromatic rings. The Kier molecular flexibility index (Phi) is 4.24. The molecule has 2 aromatic carbocycles. The van der Waals surface area contributed by atoms with Gasteiger partial charge in [-0.15, -0.1) is 11.8 Å². The first-order valence-electron chi connectivity index (χ1n) is 6.35. The summed E-state index contributed by atoms with van der Waals surface area (Å²) in [5.41, 5.74) is 8.18. The highest BCUT2D eigenvalue weighted by atomic mass is 35.5. The molecule has 0 radical (unpaired) electrons. The highest BCUT2D eigenvalue weighted by molar-refractivity contribution is 7.98. The molecule has 106 valence electrons. The lowest BCUT2D eigenvalue weighted by atomic mass is 10.2. The number of thioether (sulfide) groups is 1. The molecule has 0 fully saturated rings. The zero-order chi connectivity index (χ0) is 14.8. The second-order valence-corrected chi connectivity index (χ2v) is 6.45. The van der Waals surface area contributed by atoms with Gasteiger partial charge in [0.15, 0.2) is 0 Å². The standard InChI is InChI=1S/C16H12Cl2N2S/c17-13-7-12(8-14(18)16(13)19)21-9-11-6-5-10-3-1-2-4-15(10)20-11/h1-8H,9,19H2. The van der Waals surface area contributed by atoms with Gasteiger partial charge >= 0.3 is 0 Å². The zero-order valence-electron chi connectivity index (χ0n) is 11.0. The fraction of sp³-hybridized carbons (Fsp3) is 0.0625. The monoisotopic (exact) mass is 334 g/mol. The van der Waals surface area contributed by atoms with Gasteiger partial charge in [0.25, 0.3) is 0 Å². The molecule has 0 aliphatic heterocycles. The first-order chi connectivity index (χ1) is 10.1.